The highest BCUT2D eigenvalue weighted by atomic mass is 19.1. The first-order valence-electron chi connectivity index (χ1n) is 5.47. The highest BCUT2D eigenvalue weighted by Crippen LogP contribution is 2.73. The van der Waals surface area contributed by atoms with Crippen LogP contribution in [0.15, 0.2) is 18.2 Å². The van der Waals surface area contributed by atoms with Gasteiger partial charge in [-0.1, -0.05) is 6.07 Å². The highest BCUT2D eigenvalue weighted by molar-refractivity contribution is 5.43. The van der Waals surface area contributed by atoms with Crippen molar-refractivity contribution in [1.29, 1.82) is 0 Å². The number of aliphatic hydroxyl groups is 1. The molecule has 0 aromatic heterocycles. The Morgan fingerprint density at radius 1 is 1.33 bits per heavy atom. The van der Waals surface area contributed by atoms with Crippen molar-refractivity contribution < 1.29 is 9.50 Å². The normalized spacial score (nSPS) is 37.0. The maximum absolute atomic E-state index is 13.2. The Balaban J connectivity index is 1.93. The standard InChI is InChI=1S/C13H15FO/c1-9-2-3-10(14)4-11(9)13-5-12(6-13,7-13)8-15/h2-4,15H,5-8H2,1H3. The van der Waals surface area contributed by atoms with Gasteiger partial charge in [0.25, 0.3) is 0 Å². The van der Waals surface area contributed by atoms with E-state index in [1.54, 1.807) is 6.07 Å². The number of rotatable bonds is 2. The van der Waals surface area contributed by atoms with Gasteiger partial charge in [-0.25, -0.2) is 4.39 Å². The van der Waals surface area contributed by atoms with E-state index in [2.05, 4.69) is 0 Å². The largest absolute Gasteiger partial charge is 0.396 e. The van der Waals surface area contributed by atoms with Crippen LogP contribution in [0, 0.1) is 18.2 Å². The molecule has 0 saturated heterocycles. The van der Waals surface area contributed by atoms with Gasteiger partial charge in [0.1, 0.15) is 5.82 Å². The average molecular weight is 206 g/mol. The highest BCUT2D eigenvalue weighted by Gasteiger charge is 2.68. The van der Waals surface area contributed by atoms with Gasteiger partial charge in [-0.2, -0.15) is 0 Å². The summed E-state index contributed by atoms with van der Waals surface area (Å²) in [5.41, 5.74) is 2.74. The molecule has 4 rings (SSSR count). The molecule has 3 aliphatic rings. The fourth-order valence-electron chi connectivity index (χ4n) is 3.62. The summed E-state index contributed by atoms with van der Waals surface area (Å²) < 4.78 is 13.2. The second-order valence-corrected chi connectivity index (χ2v) is 5.43. The summed E-state index contributed by atoms with van der Waals surface area (Å²) in [7, 11) is 0. The number of hydrogen-bond donors (Lipinski definition) is 1. The average Bonchev–Trinajstić information content (AvgIpc) is 2.07. The Bertz CT molecular complexity index is 405. The minimum Gasteiger partial charge on any atom is -0.396 e. The fourth-order valence-corrected chi connectivity index (χ4v) is 3.62. The van der Waals surface area contributed by atoms with E-state index in [9.17, 15) is 9.50 Å². The van der Waals surface area contributed by atoms with E-state index in [4.69, 9.17) is 0 Å². The zero-order valence-electron chi connectivity index (χ0n) is 8.89. The Kier molecular flexibility index (Phi) is 1.63. The molecule has 3 saturated carbocycles. The lowest BCUT2D eigenvalue weighted by atomic mass is 9.33. The molecule has 0 amide bonds. The molecule has 80 valence electrons. The van der Waals surface area contributed by atoms with E-state index >= 15 is 0 Å². The van der Waals surface area contributed by atoms with Crippen molar-refractivity contribution in [3.05, 3.63) is 35.1 Å². The van der Waals surface area contributed by atoms with Crippen molar-refractivity contribution in [2.75, 3.05) is 6.61 Å². The van der Waals surface area contributed by atoms with Gasteiger partial charge in [-0.05, 0) is 60.3 Å². The Morgan fingerprint density at radius 3 is 2.60 bits per heavy atom. The molecule has 1 N–H and O–H groups in total. The Morgan fingerprint density at radius 2 is 2.00 bits per heavy atom. The topological polar surface area (TPSA) is 20.2 Å². The van der Waals surface area contributed by atoms with Crippen LogP contribution in [0.1, 0.15) is 30.4 Å². The van der Waals surface area contributed by atoms with Gasteiger partial charge < -0.3 is 5.11 Å². The third-order valence-electron chi connectivity index (χ3n) is 4.25. The molecule has 0 heterocycles. The van der Waals surface area contributed by atoms with Crippen LogP contribution in [0.25, 0.3) is 0 Å². The lowest BCUT2D eigenvalue weighted by Crippen LogP contribution is -2.66. The Labute approximate surface area is 88.9 Å². The number of aliphatic hydroxyl groups excluding tert-OH is 1. The van der Waals surface area contributed by atoms with E-state index in [1.165, 1.54) is 11.6 Å². The van der Waals surface area contributed by atoms with E-state index < -0.39 is 0 Å². The van der Waals surface area contributed by atoms with Crippen molar-refractivity contribution >= 4 is 0 Å². The molecule has 3 aliphatic carbocycles. The van der Waals surface area contributed by atoms with Crippen molar-refractivity contribution in [2.45, 2.75) is 31.6 Å². The maximum Gasteiger partial charge on any atom is 0.123 e. The van der Waals surface area contributed by atoms with Crippen LogP contribution in [-0.4, -0.2) is 11.7 Å². The summed E-state index contributed by atoms with van der Waals surface area (Å²) in [4.78, 5) is 0. The summed E-state index contributed by atoms with van der Waals surface area (Å²) in [6, 6.07) is 5.05. The molecule has 0 atom stereocenters. The molecular formula is C13H15FO. The monoisotopic (exact) mass is 206 g/mol. The lowest BCUT2D eigenvalue weighted by Gasteiger charge is -2.71. The van der Waals surface area contributed by atoms with Gasteiger partial charge in [-0.3, -0.25) is 0 Å². The first-order valence-corrected chi connectivity index (χ1v) is 5.47. The minimum absolute atomic E-state index is 0.140. The van der Waals surface area contributed by atoms with Crippen LogP contribution in [0.4, 0.5) is 4.39 Å². The number of halogens is 1. The van der Waals surface area contributed by atoms with Gasteiger partial charge in [-0.15, -0.1) is 0 Å². The molecule has 1 aromatic carbocycles. The van der Waals surface area contributed by atoms with Crippen LogP contribution < -0.4 is 0 Å². The molecule has 0 aliphatic heterocycles. The summed E-state index contributed by atoms with van der Waals surface area (Å²) >= 11 is 0. The van der Waals surface area contributed by atoms with Crippen molar-refractivity contribution in [3.63, 3.8) is 0 Å². The summed E-state index contributed by atoms with van der Waals surface area (Å²) in [6.07, 6.45) is 3.13. The molecule has 0 spiro atoms. The number of benzene rings is 1. The van der Waals surface area contributed by atoms with Crippen molar-refractivity contribution in [2.24, 2.45) is 5.41 Å². The predicted octanol–water partition coefficient (Wildman–Crippen LogP) is 2.55. The first-order chi connectivity index (χ1) is 7.09. The molecule has 15 heavy (non-hydrogen) atoms. The van der Waals surface area contributed by atoms with Gasteiger partial charge in [0.15, 0.2) is 0 Å². The zero-order chi connectivity index (χ0) is 10.7. The quantitative estimate of drug-likeness (QED) is 0.788. The van der Waals surface area contributed by atoms with Gasteiger partial charge >= 0.3 is 0 Å². The lowest BCUT2D eigenvalue weighted by molar-refractivity contribution is -0.168. The minimum atomic E-state index is -0.140. The second kappa shape index (κ2) is 2.62. The Hall–Kier alpha value is -0.890. The van der Waals surface area contributed by atoms with Crippen molar-refractivity contribution in [1.82, 2.24) is 0 Å². The molecule has 1 aromatic rings. The smallest absolute Gasteiger partial charge is 0.123 e. The number of hydrogen-bond acceptors (Lipinski definition) is 1. The maximum atomic E-state index is 13.2. The van der Waals surface area contributed by atoms with Gasteiger partial charge in [0.2, 0.25) is 0 Å². The SMILES string of the molecule is Cc1ccc(F)cc1C12CC(CO)(C1)C2. The van der Waals surface area contributed by atoms with Crippen LogP contribution in [0.2, 0.25) is 0 Å². The summed E-state index contributed by atoms with van der Waals surface area (Å²) in [5.74, 6) is -0.140. The number of aryl methyl sites for hydroxylation is 1. The molecular weight excluding hydrogens is 191 g/mol. The van der Waals surface area contributed by atoms with E-state index in [-0.39, 0.29) is 16.6 Å². The van der Waals surface area contributed by atoms with Crippen LogP contribution in [-0.2, 0) is 5.41 Å². The third kappa shape index (κ3) is 1.06. The van der Waals surface area contributed by atoms with Crippen molar-refractivity contribution in [3.8, 4) is 0 Å². The van der Waals surface area contributed by atoms with Crippen LogP contribution >= 0.6 is 0 Å². The molecule has 0 unspecified atom stereocenters. The molecule has 2 bridgehead atoms. The molecule has 0 radical (unpaired) electrons. The fraction of sp³-hybridized carbons (Fsp3) is 0.538. The molecule has 3 fully saturated rings. The van der Waals surface area contributed by atoms with Gasteiger partial charge in [0, 0.05) is 6.61 Å². The van der Waals surface area contributed by atoms with Crippen LogP contribution in [0.3, 0.4) is 0 Å². The van der Waals surface area contributed by atoms with E-state index in [0.717, 1.165) is 24.8 Å². The predicted molar refractivity (Wildman–Crippen MR) is 56.2 cm³/mol. The summed E-state index contributed by atoms with van der Waals surface area (Å²) in [5, 5.41) is 9.19. The summed E-state index contributed by atoms with van der Waals surface area (Å²) in [6.45, 7) is 2.34. The molecule has 1 nitrogen and oxygen atoms in total. The first kappa shape index (κ1) is 9.34. The van der Waals surface area contributed by atoms with Crippen LogP contribution in [0.5, 0.6) is 0 Å². The van der Waals surface area contributed by atoms with E-state index in [0.29, 0.717) is 6.61 Å². The molecule has 2 heteroatoms. The second-order valence-electron chi connectivity index (χ2n) is 5.43. The zero-order valence-corrected chi connectivity index (χ0v) is 8.89. The van der Waals surface area contributed by atoms with Gasteiger partial charge in [0.05, 0.1) is 0 Å². The van der Waals surface area contributed by atoms with E-state index in [1.807, 2.05) is 13.0 Å². The third-order valence-corrected chi connectivity index (χ3v) is 4.25.